The minimum atomic E-state index is 0.640. The Kier molecular flexibility index (Phi) is 7.91. The molecule has 3 nitrogen and oxygen atoms in total. The van der Waals surface area contributed by atoms with Crippen molar-refractivity contribution in [2.45, 2.75) is 39.7 Å². The van der Waals surface area contributed by atoms with Crippen molar-refractivity contribution in [3.63, 3.8) is 0 Å². The molecule has 0 heterocycles. The van der Waals surface area contributed by atoms with E-state index in [1.54, 1.807) is 0 Å². The maximum absolute atomic E-state index is 5.86. The molecule has 0 fully saturated rings. The van der Waals surface area contributed by atoms with Gasteiger partial charge in [0.15, 0.2) is 11.5 Å². The highest BCUT2D eigenvalue weighted by Crippen LogP contribution is 2.37. The second-order valence-corrected chi connectivity index (χ2v) is 5.28. The minimum Gasteiger partial charge on any atom is -0.490 e. The lowest BCUT2D eigenvalue weighted by molar-refractivity contribution is 0.269. The van der Waals surface area contributed by atoms with Gasteiger partial charge >= 0.3 is 0 Å². The molecule has 0 aliphatic heterocycles. The van der Waals surface area contributed by atoms with Crippen LogP contribution in [0.15, 0.2) is 16.6 Å². The molecule has 108 valence electrons. The molecule has 0 radical (unpaired) electrons. The number of hydrogen-bond acceptors (Lipinski definition) is 3. The number of unbranched alkanes of at least 4 members (excludes halogenated alkanes) is 2. The van der Waals surface area contributed by atoms with Crippen LogP contribution in [0.1, 0.15) is 38.7 Å². The predicted octanol–water partition coefficient (Wildman–Crippen LogP) is 4.14. The quantitative estimate of drug-likeness (QED) is 0.691. The van der Waals surface area contributed by atoms with Gasteiger partial charge in [0.25, 0.3) is 0 Å². The summed E-state index contributed by atoms with van der Waals surface area (Å²) in [6, 6.07) is 4.12. The monoisotopic (exact) mass is 329 g/mol. The Morgan fingerprint density at radius 1 is 1.16 bits per heavy atom. The summed E-state index contributed by atoms with van der Waals surface area (Å²) in [5.41, 5.74) is 1.18. The molecule has 0 aliphatic rings. The Balaban J connectivity index is 2.81. The highest BCUT2D eigenvalue weighted by Gasteiger charge is 2.11. The van der Waals surface area contributed by atoms with E-state index >= 15 is 0 Å². The standard InChI is InChI=1S/C15H24BrNO2/c1-4-6-7-8-19-15-13(16)9-12(11-17-3)10-14(15)18-5-2/h9-10,17H,4-8,11H2,1-3H3. The number of ether oxygens (including phenoxy) is 2. The predicted molar refractivity (Wildman–Crippen MR) is 83.1 cm³/mol. The molecule has 0 aromatic heterocycles. The van der Waals surface area contributed by atoms with Crippen LogP contribution < -0.4 is 14.8 Å². The second-order valence-electron chi connectivity index (χ2n) is 4.42. The molecule has 1 rings (SSSR count). The lowest BCUT2D eigenvalue weighted by Crippen LogP contribution is -2.07. The van der Waals surface area contributed by atoms with Crippen LogP contribution in [0.3, 0.4) is 0 Å². The third kappa shape index (κ3) is 5.41. The van der Waals surface area contributed by atoms with E-state index in [9.17, 15) is 0 Å². The van der Waals surface area contributed by atoms with Gasteiger partial charge in [0.1, 0.15) is 0 Å². The Morgan fingerprint density at radius 3 is 2.58 bits per heavy atom. The van der Waals surface area contributed by atoms with Crippen molar-refractivity contribution >= 4 is 15.9 Å². The zero-order chi connectivity index (χ0) is 14.1. The van der Waals surface area contributed by atoms with Crippen LogP contribution in [-0.4, -0.2) is 20.3 Å². The van der Waals surface area contributed by atoms with Crippen molar-refractivity contribution in [2.75, 3.05) is 20.3 Å². The molecule has 0 spiro atoms. The second kappa shape index (κ2) is 9.21. The van der Waals surface area contributed by atoms with E-state index < -0.39 is 0 Å². The van der Waals surface area contributed by atoms with Crippen LogP contribution in [0.2, 0.25) is 0 Å². The van der Waals surface area contributed by atoms with E-state index in [-0.39, 0.29) is 0 Å². The molecule has 0 saturated carbocycles. The number of benzene rings is 1. The van der Waals surface area contributed by atoms with Gasteiger partial charge in [-0.05, 0) is 54.0 Å². The lowest BCUT2D eigenvalue weighted by Gasteiger charge is -2.15. The summed E-state index contributed by atoms with van der Waals surface area (Å²) in [6.45, 7) is 6.36. The molecule has 0 atom stereocenters. The first-order chi connectivity index (χ1) is 9.22. The zero-order valence-corrected chi connectivity index (χ0v) is 13.7. The van der Waals surface area contributed by atoms with Crippen molar-refractivity contribution in [3.05, 3.63) is 22.2 Å². The highest BCUT2D eigenvalue weighted by molar-refractivity contribution is 9.10. The molecule has 0 aliphatic carbocycles. The van der Waals surface area contributed by atoms with Gasteiger partial charge in [0.2, 0.25) is 0 Å². The fourth-order valence-corrected chi connectivity index (χ4v) is 2.46. The van der Waals surface area contributed by atoms with Crippen molar-refractivity contribution < 1.29 is 9.47 Å². The normalized spacial score (nSPS) is 10.5. The van der Waals surface area contributed by atoms with Crippen molar-refractivity contribution in [1.29, 1.82) is 0 Å². The van der Waals surface area contributed by atoms with E-state index in [0.717, 1.165) is 35.5 Å². The summed E-state index contributed by atoms with van der Waals surface area (Å²) in [5.74, 6) is 1.64. The molecule has 1 aromatic rings. The van der Waals surface area contributed by atoms with E-state index in [4.69, 9.17) is 9.47 Å². The molecule has 4 heteroatoms. The van der Waals surface area contributed by atoms with Gasteiger partial charge in [-0.1, -0.05) is 19.8 Å². The van der Waals surface area contributed by atoms with Gasteiger partial charge < -0.3 is 14.8 Å². The first-order valence-electron chi connectivity index (χ1n) is 6.95. The fourth-order valence-electron chi connectivity index (χ4n) is 1.86. The van der Waals surface area contributed by atoms with Crippen LogP contribution in [0.4, 0.5) is 0 Å². The minimum absolute atomic E-state index is 0.640. The van der Waals surface area contributed by atoms with Crippen LogP contribution in [0, 0.1) is 0 Å². The first-order valence-corrected chi connectivity index (χ1v) is 7.74. The highest BCUT2D eigenvalue weighted by atomic mass is 79.9. The Morgan fingerprint density at radius 2 is 1.95 bits per heavy atom. The molecule has 1 aromatic carbocycles. The maximum Gasteiger partial charge on any atom is 0.175 e. The van der Waals surface area contributed by atoms with Crippen LogP contribution >= 0.6 is 15.9 Å². The molecule has 0 unspecified atom stereocenters. The van der Waals surface area contributed by atoms with Gasteiger partial charge in [0.05, 0.1) is 17.7 Å². The summed E-state index contributed by atoms with van der Waals surface area (Å²) >= 11 is 3.57. The summed E-state index contributed by atoms with van der Waals surface area (Å²) in [5, 5.41) is 3.14. The molecular weight excluding hydrogens is 306 g/mol. The van der Waals surface area contributed by atoms with Crippen molar-refractivity contribution in [1.82, 2.24) is 5.32 Å². The molecule has 0 amide bonds. The van der Waals surface area contributed by atoms with E-state index in [1.165, 1.54) is 18.4 Å². The van der Waals surface area contributed by atoms with Crippen LogP contribution in [0.5, 0.6) is 11.5 Å². The average molecular weight is 330 g/mol. The zero-order valence-electron chi connectivity index (χ0n) is 12.1. The largest absolute Gasteiger partial charge is 0.490 e. The fraction of sp³-hybridized carbons (Fsp3) is 0.600. The average Bonchev–Trinajstić information content (AvgIpc) is 2.38. The number of nitrogens with one attached hydrogen (secondary N) is 1. The summed E-state index contributed by atoms with van der Waals surface area (Å²) in [7, 11) is 1.93. The van der Waals surface area contributed by atoms with E-state index in [1.807, 2.05) is 20.0 Å². The maximum atomic E-state index is 5.86. The summed E-state index contributed by atoms with van der Waals surface area (Å²) in [6.07, 6.45) is 3.47. The number of hydrogen-bond donors (Lipinski definition) is 1. The van der Waals surface area contributed by atoms with Crippen molar-refractivity contribution in [3.8, 4) is 11.5 Å². The van der Waals surface area contributed by atoms with Gasteiger partial charge in [-0.25, -0.2) is 0 Å². The number of halogens is 1. The molecule has 0 bridgehead atoms. The Labute approximate surface area is 124 Å². The smallest absolute Gasteiger partial charge is 0.175 e. The SMILES string of the molecule is CCCCCOc1c(Br)cc(CNC)cc1OCC. The van der Waals surface area contributed by atoms with Gasteiger partial charge in [-0.15, -0.1) is 0 Å². The summed E-state index contributed by atoms with van der Waals surface area (Å²) < 4.78 is 12.5. The Hall–Kier alpha value is -0.740. The Bertz CT molecular complexity index is 383. The topological polar surface area (TPSA) is 30.5 Å². The van der Waals surface area contributed by atoms with Crippen LogP contribution in [0.25, 0.3) is 0 Å². The number of rotatable bonds is 9. The third-order valence-electron chi connectivity index (χ3n) is 2.74. The first kappa shape index (κ1) is 16.3. The van der Waals surface area contributed by atoms with Gasteiger partial charge in [-0.2, -0.15) is 0 Å². The molecule has 19 heavy (non-hydrogen) atoms. The molecule has 0 saturated heterocycles. The van der Waals surface area contributed by atoms with Gasteiger partial charge in [0, 0.05) is 6.54 Å². The van der Waals surface area contributed by atoms with E-state index in [0.29, 0.717) is 6.61 Å². The molecular formula is C15H24BrNO2. The van der Waals surface area contributed by atoms with Gasteiger partial charge in [-0.3, -0.25) is 0 Å². The third-order valence-corrected chi connectivity index (χ3v) is 3.33. The van der Waals surface area contributed by atoms with E-state index in [2.05, 4.69) is 34.2 Å². The van der Waals surface area contributed by atoms with Crippen molar-refractivity contribution in [2.24, 2.45) is 0 Å². The van der Waals surface area contributed by atoms with Crippen LogP contribution in [-0.2, 0) is 6.54 Å². The lowest BCUT2D eigenvalue weighted by atomic mass is 10.2. The summed E-state index contributed by atoms with van der Waals surface area (Å²) in [4.78, 5) is 0. The molecule has 1 N–H and O–H groups in total.